The van der Waals surface area contributed by atoms with Gasteiger partial charge in [0.15, 0.2) is 17.3 Å². The second-order valence-electron chi connectivity index (χ2n) is 7.68. The molecule has 1 N–H and O–H groups in total. The van der Waals surface area contributed by atoms with Crippen LogP contribution in [0.1, 0.15) is 5.76 Å². The summed E-state index contributed by atoms with van der Waals surface area (Å²) in [4.78, 5) is 27.9. The number of ether oxygens (including phenoxy) is 3. The van der Waals surface area contributed by atoms with Crippen molar-refractivity contribution in [1.82, 2.24) is 5.16 Å². The molecule has 0 aliphatic carbocycles. The maximum atomic E-state index is 13.2. The van der Waals surface area contributed by atoms with Gasteiger partial charge in [-0.05, 0) is 19.1 Å². The molecule has 29 heavy (non-hydrogen) atoms. The molecule has 2 saturated heterocycles. The van der Waals surface area contributed by atoms with Gasteiger partial charge in [-0.2, -0.15) is 0 Å². The molecular formula is C20H17N3O6. The van der Waals surface area contributed by atoms with Crippen LogP contribution in [-0.4, -0.2) is 42.0 Å². The Morgan fingerprint density at radius 1 is 1.28 bits per heavy atom. The van der Waals surface area contributed by atoms with Crippen molar-refractivity contribution in [3.63, 3.8) is 0 Å². The Morgan fingerprint density at radius 2 is 2.14 bits per heavy atom. The first-order chi connectivity index (χ1) is 14.0. The number of rotatable bonds is 3. The number of carbonyl (C=O) groups is 2. The van der Waals surface area contributed by atoms with Crippen LogP contribution in [0.2, 0.25) is 0 Å². The van der Waals surface area contributed by atoms with Gasteiger partial charge in [0.05, 0.1) is 24.5 Å². The molecule has 4 aliphatic rings. The highest BCUT2D eigenvalue weighted by Crippen LogP contribution is 2.52. The molecule has 6 rings (SSSR count). The predicted molar refractivity (Wildman–Crippen MR) is 98.5 cm³/mol. The van der Waals surface area contributed by atoms with Crippen LogP contribution >= 0.6 is 0 Å². The SMILES string of the molecule is Cc1cc(N2C[C@]34C=C[C@H](O3)[C@H](C(=O)Nc3ccc5c(c3)OCO5)[C@H]4C2=O)no1. The number of hydrogen-bond donors (Lipinski definition) is 1. The summed E-state index contributed by atoms with van der Waals surface area (Å²) in [7, 11) is 0. The predicted octanol–water partition coefficient (Wildman–Crippen LogP) is 1.64. The molecule has 1 aromatic heterocycles. The highest BCUT2D eigenvalue weighted by Gasteiger charge is 2.67. The Kier molecular flexibility index (Phi) is 3.21. The molecule has 1 spiro atoms. The normalized spacial score (nSPS) is 30.9. The van der Waals surface area contributed by atoms with E-state index in [2.05, 4.69) is 10.5 Å². The van der Waals surface area contributed by atoms with Crippen molar-refractivity contribution in [2.75, 3.05) is 23.6 Å². The van der Waals surface area contributed by atoms with Crippen LogP contribution in [0.4, 0.5) is 11.5 Å². The number of aromatic nitrogens is 1. The Hall–Kier alpha value is -3.33. The molecule has 2 bridgehead atoms. The van der Waals surface area contributed by atoms with Crippen molar-refractivity contribution in [3.05, 3.63) is 42.2 Å². The van der Waals surface area contributed by atoms with E-state index in [1.54, 1.807) is 31.2 Å². The summed E-state index contributed by atoms with van der Waals surface area (Å²) in [6.07, 6.45) is 3.34. The molecule has 2 aromatic rings. The van der Waals surface area contributed by atoms with E-state index in [0.29, 0.717) is 35.3 Å². The minimum absolute atomic E-state index is 0.159. The van der Waals surface area contributed by atoms with Crippen molar-refractivity contribution in [3.8, 4) is 11.5 Å². The minimum Gasteiger partial charge on any atom is -0.454 e. The number of nitrogens with one attached hydrogen (secondary N) is 1. The summed E-state index contributed by atoms with van der Waals surface area (Å²) in [5, 5.41) is 6.84. The second-order valence-corrected chi connectivity index (χ2v) is 7.68. The van der Waals surface area contributed by atoms with Crippen molar-refractivity contribution >= 4 is 23.3 Å². The van der Waals surface area contributed by atoms with Gasteiger partial charge < -0.3 is 24.1 Å². The molecule has 4 atom stereocenters. The Balaban J connectivity index is 1.28. The van der Waals surface area contributed by atoms with Crippen molar-refractivity contribution < 1.29 is 28.3 Å². The lowest BCUT2D eigenvalue weighted by Crippen LogP contribution is -2.41. The van der Waals surface area contributed by atoms with Gasteiger partial charge in [-0.3, -0.25) is 14.5 Å². The topological polar surface area (TPSA) is 103 Å². The fourth-order valence-corrected chi connectivity index (χ4v) is 4.67. The maximum Gasteiger partial charge on any atom is 0.235 e. The summed E-state index contributed by atoms with van der Waals surface area (Å²) < 4.78 is 21.9. The number of carbonyl (C=O) groups excluding carboxylic acids is 2. The van der Waals surface area contributed by atoms with Gasteiger partial charge in [0.1, 0.15) is 11.4 Å². The van der Waals surface area contributed by atoms with E-state index in [4.69, 9.17) is 18.7 Å². The number of amides is 2. The van der Waals surface area contributed by atoms with Crippen LogP contribution in [0.3, 0.4) is 0 Å². The molecule has 2 amide bonds. The van der Waals surface area contributed by atoms with Crippen molar-refractivity contribution in [1.29, 1.82) is 0 Å². The van der Waals surface area contributed by atoms with Crippen LogP contribution < -0.4 is 19.7 Å². The molecule has 9 nitrogen and oxygen atoms in total. The third kappa shape index (κ3) is 2.27. The zero-order valence-electron chi connectivity index (χ0n) is 15.5. The van der Waals surface area contributed by atoms with Gasteiger partial charge in [-0.25, -0.2) is 0 Å². The van der Waals surface area contributed by atoms with Gasteiger partial charge in [0, 0.05) is 17.8 Å². The first kappa shape index (κ1) is 16.6. The number of hydrogen-bond acceptors (Lipinski definition) is 7. The number of nitrogens with zero attached hydrogens (tertiary/aromatic N) is 2. The number of aryl methyl sites for hydroxylation is 1. The summed E-state index contributed by atoms with van der Waals surface area (Å²) in [6.45, 7) is 2.23. The monoisotopic (exact) mass is 395 g/mol. The van der Waals surface area contributed by atoms with E-state index < -0.39 is 23.5 Å². The number of fused-ring (bicyclic) bond motifs is 2. The van der Waals surface area contributed by atoms with E-state index in [1.807, 2.05) is 12.2 Å². The van der Waals surface area contributed by atoms with Gasteiger partial charge in [-0.1, -0.05) is 17.3 Å². The summed E-state index contributed by atoms with van der Waals surface area (Å²) in [5.41, 5.74) is -0.236. The zero-order chi connectivity index (χ0) is 19.8. The molecular weight excluding hydrogens is 378 g/mol. The van der Waals surface area contributed by atoms with E-state index in [0.717, 1.165) is 0 Å². The van der Waals surface area contributed by atoms with E-state index in [-0.39, 0.29) is 18.6 Å². The highest BCUT2D eigenvalue weighted by molar-refractivity contribution is 6.05. The highest BCUT2D eigenvalue weighted by atomic mass is 16.7. The average molecular weight is 395 g/mol. The van der Waals surface area contributed by atoms with Crippen LogP contribution in [0, 0.1) is 18.8 Å². The Bertz CT molecular complexity index is 1080. The molecule has 9 heteroatoms. The van der Waals surface area contributed by atoms with E-state index >= 15 is 0 Å². The molecule has 2 fully saturated rings. The number of benzene rings is 1. The van der Waals surface area contributed by atoms with E-state index in [1.165, 1.54) is 4.90 Å². The summed E-state index contributed by atoms with van der Waals surface area (Å²) in [5.74, 6) is 0.574. The Morgan fingerprint density at radius 3 is 2.97 bits per heavy atom. The first-order valence-corrected chi connectivity index (χ1v) is 9.36. The lowest BCUT2D eigenvalue weighted by Gasteiger charge is -2.23. The maximum absolute atomic E-state index is 13.2. The third-order valence-electron chi connectivity index (χ3n) is 5.94. The van der Waals surface area contributed by atoms with Gasteiger partial charge in [-0.15, -0.1) is 0 Å². The van der Waals surface area contributed by atoms with Crippen LogP contribution in [0.15, 0.2) is 40.9 Å². The molecule has 5 heterocycles. The third-order valence-corrected chi connectivity index (χ3v) is 5.94. The van der Waals surface area contributed by atoms with Gasteiger partial charge in [0.25, 0.3) is 0 Å². The fraction of sp³-hybridized carbons (Fsp3) is 0.350. The molecule has 1 aromatic carbocycles. The van der Waals surface area contributed by atoms with Crippen LogP contribution in [-0.2, 0) is 14.3 Å². The van der Waals surface area contributed by atoms with E-state index in [9.17, 15) is 9.59 Å². The quantitative estimate of drug-likeness (QED) is 0.788. The number of anilines is 2. The second kappa shape index (κ2) is 5.60. The van der Waals surface area contributed by atoms with Crippen molar-refractivity contribution in [2.45, 2.75) is 18.6 Å². The standard InChI is InChI=1S/C20H17N3O6/c1-10-6-15(22-29-10)23-8-20-5-4-13(28-20)16(17(20)19(23)25)18(24)21-11-2-3-12-14(7-11)27-9-26-12/h2-7,13,16-17H,8-9H2,1H3,(H,21,24)/t13-,16-,17-,20-/m0/s1. The van der Waals surface area contributed by atoms with Crippen molar-refractivity contribution in [2.24, 2.45) is 11.8 Å². The summed E-state index contributed by atoms with van der Waals surface area (Å²) >= 11 is 0. The zero-order valence-corrected chi connectivity index (χ0v) is 15.5. The lowest BCUT2D eigenvalue weighted by molar-refractivity contribution is -0.128. The fourth-order valence-electron chi connectivity index (χ4n) is 4.67. The Labute approximate surface area is 165 Å². The van der Waals surface area contributed by atoms with Crippen LogP contribution in [0.5, 0.6) is 11.5 Å². The van der Waals surface area contributed by atoms with Gasteiger partial charge in [0.2, 0.25) is 18.6 Å². The smallest absolute Gasteiger partial charge is 0.235 e. The first-order valence-electron chi connectivity index (χ1n) is 9.36. The average Bonchev–Trinajstić information content (AvgIpc) is 3.49. The minimum atomic E-state index is -0.814. The largest absolute Gasteiger partial charge is 0.454 e. The van der Waals surface area contributed by atoms with Gasteiger partial charge >= 0.3 is 0 Å². The molecule has 148 valence electrons. The molecule has 0 unspecified atom stereocenters. The summed E-state index contributed by atoms with van der Waals surface area (Å²) in [6, 6.07) is 6.90. The molecule has 0 saturated carbocycles. The molecule has 0 radical (unpaired) electrons. The lowest BCUT2D eigenvalue weighted by atomic mass is 9.77. The molecule has 4 aliphatic heterocycles. The van der Waals surface area contributed by atoms with Crippen LogP contribution in [0.25, 0.3) is 0 Å².